The molecule has 2 rings (SSSR count). The van der Waals surface area contributed by atoms with Gasteiger partial charge in [-0.05, 0) is 38.4 Å². The van der Waals surface area contributed by atoms with Crippen LogP contribution in [0.4, 0.5) is 0 Å². The summed E-state index contributed by atoms with van der Waals surface area (Å²) >= 11 is 0. The van der Waals surface area contributed by atoms with Gasteiger partial charge in [0.1, 0.15) is 0 Å². The van der Waals surface area contributed by atoms with Crippen LogP contribution >= 0.6 is 0 Å². The fourth-order valence-corrected chi connectivity index (χ4v) is 2.10. The van der Waals surface area contributed by atoms with Crippen LogP contribution in [0.15, 0.2) is 12.4 Å². The molecule has 2 heterocycles. The molecule has 0 aromatic carbocycles. The average Bonchev–Trinajstić information content (AvgIpc) is 2.91. The van der Waals surface area contributed by atoms with E-state index in [9.17, 15) is 0 Å². The topological polar surface area (TPSA) is 39.1 Å². The van der Waals surface area contributed by atoms with Crippen LogP contribution in [0.5, 0.6) is 0 Å². The largest absolute Gasteiger partial charge is 0.381 e. The van der Waals surface area contributed by atoms with E-state index >= 15 is 0 Å². The fraction of sp³-hybridized carbons (Fsp3) is 0.750. The van der Waals surface area contributed by atoms with Crippen LogP contribution < -0.4 is 5.32 Å². The highest BCUT2D eigenvalue weighted by Gasteiger charge is 2.16. The van der Waals surface area contributed by atoms with Crippen molar-refractivity contribution in [3.8, 4) is 0 Å². The second kappa shape index (κ2) is 6.01. The minimum absolute atomic E-state index is 0.657. The summed E-state index contributed by atoms with van der Waals surface area (Å²) in [6.45, 7) is 3.89. The second-order valence-corrected chi connectivity index (χ2v) is 4.51. The number of hydrogen-bond donors (Lipinski definition) is 1. The fourth-order valence-electron chi connectivity index (χ4n) is 2.10. The number of aryl methyl sites for hydroxylation is 1. The first-order valence-corrected chi connectivity index (χ1v) is 6.12. The van der Waals surface area contributed by atoms with Crippen LogP contribution in [-0.4, -0.2) is 36.6 Å². The maximum Gasteiger partial charge on any atom is 0.0521 e. The molecule has 0 radical (unpaired) electrons. The van der Waals surface area contributed by atoms with Crippen molar-refractivity contribution in [1.29, 1.82) is 0 Å². The highest BCUT2D eigenvalue weighted by atomic mass is 16.5. The molecule has 1 aliphatic heterocycles. The molecule has 0 saturated carbocycles. The third-order valence-electron chi connectivity index (χ3n) is 3.05. The smallest absolute Gasteiger partial charge is 0.0521 e. The van der Waals surface area contributed by atoms with Crippen LogP contribution in [0.3, 0.4) is 0 Å². The maximum atomic E-state index is 5.37. The van der Waals surface area contributed by atoms with Gasteiger partial charge in [-0.25, -0.2) is 0 Å². The van der Waals surface area contributed by atoms with E-state index in [-0.39, 0.29) is 0 Å². The summed E-state index contributed by atoms with van der Waals surface area (Å²) in [5.74, 6) is 0.657. The molecule has 1 fully saturated rings. The number of rotatable bonds is 6. The monoisotopic (exact) mass is 223 g/mol. The zero-order valence-electron chi connectivity index (χ0n) is 9.98. The summed E-state index contributed by atoms with van der Waals surface area (Å²) in [6, 6.07) is 0. The van der Waals surface area contributed by atoms with Gasteiger partial charge in [0.25, 0.3) is 0 Å². The van der Waals surface area contributed by atoms with Gasteiger partial charge in [-0.3, -0.25) is 4.68 Å². The molecule has 4 nitrogen and oxygen atoms in total. The zero-order chi connectivity index (χ0) is 11.2. The first kappa shape index (κ1) is 11.6. The highest BCUT2D eigenvalue weighted by Crippen LogP contribution is 2.14. The van der Waals surface area contributed by atoms with E-state index in [0.717, 1.165) is 32.7 Å². The van der Waals surface area contributed by atoms with Gasteiger partial charge in [-0.1, -0.05) is 0 Å². The van der Waals surface area contributed by atoms with Crippen LogP contribution in [-0.2, 0) is 17.7 Å². The molecule has 90 valence electrons. The zero-order valence-corrected chi connectivity index (χ0v) is 9.98. The Morgan fingerprint density at radius 1 is 1.62 bits per heavy atom. The molecule has 0 aliphatic carbocycles. The third-order valence-corrected chi connectivity index (χ3v) is 3.05. The minimum Gasteiger partial charge on any atom is -0.381 e. The molecule has 0 unspecified atom stereocenters. The van der Waals surface area contributed by atoms with Crippen molar-refractivity contribution in [2.24, 2.45) is 5.92 Å². The molecule has 0 amide bonds. The van der Waals surface area contributed by atoms with Crippen molar-refractivity contribution >= 4 is 0 Å². The van der Waals surface area contributed by atoms with E-state index in [2.05, 4.69) is 21.3 Å². The Bertz CT molecular complexity index is 305. The standard InChI is InChI=1S/C12H21N3O/c1-13-5-2-3-11-7-14-15(8-11)9-12-4-6-16-10-12/h7-8,12-13H,2-6,9-10H2,1H3/t12-/m0/s1. The first-order valence-electron chi connectivity index (χ1n) is 6.12. The average molecular weight is 223 g/mol. The number of hydrogen-bond acceptors (Lipinski definition) is 3. The quantitative estimate of drug-likeness (QED) is 0.733. The molecule has 0 bridgehead atoms. The Hall–Kier alpha value is -0.870. The maximum absolute atomic E-state index is 5.37. The molecular weight excluding hydrogens is 202 g/mol. The van der Waals surface area contributed by atoms with Gasteiger partial charge in [0, 0.05) is 25.3 Å². The lowest BCUT2D eigenvalue weighted by molar-refractivity contribution is 0.181. The normalized spacial score (nSPS) is 20.4. The van der Waals surface area contributed by atoms with Crippen LogP contribution in [0.2, 0.25) is 0 Å². The van der Waals surface area contributed by atoms with Gasteiger partial charge in [0.05, 0.1) is 12.8 Å². The molecule has 1 atom stereocenters. The molecule has 1 aliphatic rings. The van der Waals surface area contributed by atoms with Gasteiger partial charge >= 0.3 is 0 Å². The van der Waals surface area contributed by atoms with Gasteiger partial charge < -0.3 is 10.1 Å². The van der Waals surface area contributed by atoms with Crippen molar-refractivity contribution in [3.63, 3.8) is 0 Å². The van der Waals surface area contributed by atoms with Crippen molar-refractivity contribution in [3.05, 3.63) is 18.0 Å². The van der Waals surface area contributed by atoms with Crippen LogP contribution in [0.25, 0.3) is 0 Å². The van der Waals surface area contributed by atoms with Crippen molar-refractivity contribution < 1.29 is 4.74 Å². The highest BCUT2D eigenvalue weighted by molar-refractivity contribution is 5.03. The second-order valence-electron chi connectivity index (χ2n) is 4.51. The Kier molecular flexibility index (Phi) is 4.36. The molecular formula is C12H21N3O. The van der Waals surface area contributed by atoms with E-state index in [1.807, 2.05) is 13.2 Å². The third kappa shape index (κ3) is 3.32. The summed E-state index contributed by atoms with van der Waals surface area (Å²) in [7, 11) is 1.99. The summed E-state index contributed by atoms with van der Waals surface area (Å²) in [5.41, 5.74) is 1.34. The molecule has 1 aromatic heterocycles. The molecule has 1 aromatic rings. The van der Waals surface area contributed by atoms with E-state index in [0.29, 0.717) is 5.92 Å². The summed E-state index contributed by atoms with van der Waals surface area (Å²) < 4.78 is 7.43. The summed E-state index contributed by atoms with van der Waals surface area (Å²) in [5, 5.41) is 7.56. The first-order chi connectivity index (χ1) is 7.88. The Balaban J connectivity index is 1.77. The van der Waals surface area contributed by atoms with E-state index in [1.54, 1.807) is 0 Å². The Labute approximate surface area is 97.0 Å². The van der Waals surface area contributed by atoms with Gasteiger partial charge in [-0.2, -0.15) is 5.10 Å². The lowest BCUT2D eigenvalue weighted by Crippen LogP contribution is -2.10. The molecule has 16 heavy (non-hydrogen) atoms. The Morgan fingerprint density at radius 2 is 2.56 bits per heavy atom. The van der Waals surface area contributed by atoms with Gasteiger partial charge in [-0.15, -0.1) is 0 Å². The number of nitrogens with one attached hydrogen (secondary N) is 1. The summed E-state index contributed by atoms with van der Waals surface area (Å²) in [6.07, 6.45) is 7.63. The SMILES string of the molecule is CNCCCc1cnn(C[C@@H]2CCOC2)c1. The predicted molar refractivity (Wildman–Crippen MR) is 63.4 cm³/mol. The molecule has 1 N–H and O–H groups in total. The molecule has 4 heteroatoms. The lowest BCUT2D eigenvalue weighted by atomic mass is 10.1. The van der Waals surface area contributed by atoms with E-state index in [4.69, 9.17) is 4.74 Å². The van der Waals surface area contributed by atoms with Crippen molar-refractivity contribution in [1.82, 2.24) is 15.1 Å². The predicted octanol–water partition coefficient (Wildman–Crippen LogP) is 1.07. The number of nitrogens with zero attached hydrogens (tertiary/aromatic N) is 2. The van der Waals surface area contributed by atoms with Gasteiger partial charge in [0.15, 0.2) is 0 Å². The summed E-state index contributed by atoms with van der Waals surface area (Å²) in [4.78, 5) is 0. The molecule has 0 spiro atoms. The molecule has 1 saturated heterocycles. The number of aromatic nitrogens is 2. The minimum atomic E-state index is 0.657. The van der Waals surface area contributed by atoms with Gasteiger partial charge in [0.2, 0.25) is 0 Å². The van der Waals surface area contributed by atoms with E-state index in [1.165, 1.54) is 18.4 Å². The van der Waals surface area contributed by atoms with Crippen LogP contribution in [0.1, 0.15) is 18.4 Å². The number of ether oxygens (including phenoxy) is 1. The van der Waals surface area contributed by atoms with Crippen molar-refractivity contribution in [2.45, 2.75) is 25.8 Å². The van der Waals surface area contributed by atoms with E-state index < -0.39 is 0 Å². The Morgan fingerprint density at radius 3 is 3.31 bits per heavy atom. The lowest BCUT2D eigenvalue weighted by Gasteiger charge is -2.06. The van der Waals surface area contributed by atoms with Crippen LogP contribution in [0, 0.1) is 5.92 Å². The van der Waals surface area contributed by atoms with Crippen molar-refractivity contribution in [2.75, 3.05) is 26.8 Å².